The molecule has 0 saturated heterocycles. The number of nitrogens with one attached hydrogen (secondary N) is 2. The molecule has 0 radical (unpaired) electrons. The summed E-state index contributed by atoms with van der Waals surface area (Å²) < 4.78 is 0. The highest BCUT2D eigenvalue weighted by atomic mass is 35.5. The number of carbonyl (C=O) groups excluding carboxylic acids is 2. The van der Waals surface area contributed by atoms with Crippen molar-refractivity contribution < 1.29 is 9.59 Å². The molecule has 22 heavy (non-hydrogen) atoms. The van der Waals surface area contributed by atoms with E-state index in [0.29, 0.717) is 23.7 Å². The highest BCUT2D eigenvalue weighted by molar-refractivity contribution is 6.39. The molecule has 2 aromatic carbocycles. The monoisotopic (exact) mass is 316 g/mol. The van der Waals surface area contributed by atoms with Gasteiger partial charge in [0.2, 0.25) is 0 Å². The highest BCUT2D eigenvalue weighted by Crippen LogP contribution is 2.10. The summed E-state index contributed by atoms with van der Waals surface area (Å²) >= 11 is 5.80. The second-order valence-corrected chi connectivity index (χ2v) is 5.39. The lowest BCUT2D eigenvalue weighted by atomic mass is 10.1. The zero-order chi connectivity index (χ0) is 15.9. The Morgan fingerprint density at radius 2 is 1.77 bits per heavy atom. The number of halogens is 1. The Kier molecular flexibility index (Phi) is 5.55. The molecular weight excluding hydrogens is 300 g/mol. The van der Waals surface area contributed by atoms with Gasteiger partial charge in [-0.05, 0) is 48.7 Å². The van der Waals surface area contributed by atoms with E-state index in [1.165, 1.54) is 0 Å². The first-order valence-corrected chi connectivity index (χ1v) is 7.33. The Balaban J connectivity index is 1.79. The molecule has 0 unspecified atom stereocenters. The molecule has 2 N–H and O–H groups in total. The number of benzene rings is 2. The van der Waals surface area contributed by atoms with Crippen LogP contribution in [0, 0.1) is 6.92 Å². The SMILES string of the molecule is Cc1cccc(NC(=O)C(=O)NCCc2ccc(Cl)cc2)c1. The molecule has 0 fully saturated rings. The van der Waals surface area contributed by atoms with E-state index in [-0.39, 0.29) is 0 Å². The summed E-state index contributed by atoms with van der Waals surface area (Å²) in [6.07, 6.45) is 0.640. The van der Waals surface area contributed by atoms with Gasteiger partial charge in [-0.1, -0.05) is 35.9 Å². The largest absolute Gasteiger partial charge is 0.347 e. The summed E-state index contributed by atoms with van der Waals surface area (Å²) in [5, 5.41) is 5.84. The normalized spacial score (nSPS) is 10.1. The number of hydrogen-bond donors (Lipinski definition) is 2. The molecule has 0 atom stereocenters. The minimum atomic E-state index is -0.665. The van der Waals surface area contributed by atoms with Gasteiger partial charge < -0.3 is 10.6 Å². The van der Waals surface area contributed by atoms with Crippen LogP contribution in [-0.2, 0) is 16.0 Å². The standard InChI is InChI=1S/C17H17ClN2O2/c1-12-3-2-4-15(11-12)20-17(22)16(21)19-10-9-13-5-7-14(18)8-6-13/h2-8,11H,9-10H2,1H3,(H,19,21)(H,20,22). The summed E-state index contributed by atoms with van der Waals surface area (Å²) in [6, 6.07) is 14.7. The van der Waals surface area contributed by atoms with Crippen molar-refractivity contribution in [2.45, 2.75) is 13.3 Å². The number of rotatable bonds is 4. The predicted octanol–water partition coefficient (Wildman–Crippen LogP) is 2.95. The molecule has 2 rings (SSSR count). The minimum Gasteiger partial charge on any atom is -0.347 e. The van der Waals surface area contributed by atoms with E-state index >= 15 is 0 Å². The minimum absolute atomic E-state index is 0.391. The average Bonchev–Trinajstić information content (AvgIpc) is 2.49. The Bertz CT molecular complexity index is 669. The van der Waals surface area contributed by atoms with Crippen molar-refractivity contribution >= 4 is 29.1 Å². The summed E-state index contributed by atoms with van der Waals surface area (Å²) in [6.45, 7) is 2.31. The van der Waals surface area contributed by atoms with Gasteiger partial charge in [0.15, 0.2) is 0 Å². The van der Waals surface area contributed by atoms with E-state index < -0.39 is 11.8 Å². The van der Waals surface area contributed by atoms with Crippen LogP contribution in [0.3, 0.4) is 0 Å². The van der Waals surface area contributed by atoms with Gasteiger partial charge in [0.25, 0.3) is 0 Å². The van der Waals surface area contributed by atoms with Crippen LogP contribution in [0.5, 0.6) is 0 Å². The maximum absolute atomic E-state index is 11.8. The van der Waals surface area contributed by atoms with Crippen LogP contribution < -0.4 is 10.6 Å². The smallest absolute Gasteiger partial charge is 0.313 e. The van der Waals surface area contributed by atoms with Crippen molar-refractivity contribution in [3.8, 4) is 0 Å². The van der Waals surface area contributed by atoms with E-state index in [2.05, 4.69) is 10.6 Å². The van der Waals surface area contributed by atoms with E-state index in [0.717, 1.165) is 11.1 Å². The van der Waals surface area contributed by atoms with E-state index in [1.54, 1.807) is 24.3 Å². The number of carbonyl (C=O) groups is 2. The maximum Gasteiger partial charge on any atom is 0.313 e. The van der Waals surface area contributed by atoms with Crippen LogP contribution in [0.25, 0.3) is 0 Å². The molecule has 0 aliphatic rings. The van der Waals surface area contributed by atoms with Crippen molar-refractivity contribution in [1.29, 1.82) is 0 Å². The van der Waals surface area contributed by atoms with Crippen LogP contribution in [0.4, 0.5) is 5.69 Å². The lowest BCUT2D eigenvalue weighted by Crippen LogP contribution is -2.36. The molecule has 5 heteroatoms. The Labute approximate surface area is 134 Å². The number of anilines is 1. The van der Waals surface area contributed by atoms with Gasteiger partial charge in [0.1, 0.15) is 0 Å². The first-order chi connectivity index (χ1) is 10.5. The first kappa shape index (κ1) is 16.0. The molecule has 4 nitrogen and oxygen atoms in total. The van der Waals surface area contributed by atoms with Gasteiger partial charge in [-0.2, -0.15) is 0 Å². The molecule has 0 aromatic heterocycles. The Morgan fingerprint density at radius 3 is 2.45 bits per heavy atom. The predicted molar refractivity (Wildman–Crippen MR) is 88.0 cm³/mol. The van der Waals surface area contributed by atoms with Gasteiger partial charge in [0.05, 0.1) is 0 Å². The second kappa shape index (κ2) is 7.61. The fourth-order valence-electron chi connectivity index (χ4n) is 1.96. The summed E-state index contributed by atoms with van der Waals surface area (Å²) in [5.41, 5.74) is 2.67. The lowest BCUT2D eigenvalue weighted by molar-refractivity contribution is -0.136. The van der Waals surface area contributed by atoms with Crippen molar-refractivity contribution in [3.05, 3.63) is 64.7 Å². The third-order valence-corrected chi connectivity index (χ3v) is 3.35. The molecule has 2 aromatic rings. The first-order valence-electron chi connectivity index (χ1n) is 6.95. The quantitative estimate of drug-likeness (QED) is 0.852. The van der Waals surface area contributed by atoms with Crippen molar-refractivity contribution in [3.63, 3.8) is 0 Å². The number of aryl methyl sites for hydroxylation is 1. The summed E-state index contributed by atoms with van der Waals surface area (Å²) in [4.78, 5) is 23.5. The summed E-state index contributed by atoms with van der Waals surface area (Å²) in [7, 11) is 0. The van der Waals surface area contributed by atoms with Crippen LogP contribution in [-0.4, -0.2) is 18.4 Å². The fourth-order valence-corrected chi connectivity index (χ4v) is 2.09. The molecule has 2 amide bonds. The van der Waals surface area contributed by atoms with Crippen molar-refractivity contribution in [2.24, 2.45) is 0 Å². The third-order valence-electron chi connectivity index (χ3n) is 3.09. The third kappa shape index (κ3) is 4.90. The molecule has 0 spiro atoms. The second-order valence-electron chi connectivity index (χ2n) is 4.96. The van der Waals surface area contributed by atoms with E-state index in [4.69, 9.17) is 11.6 Å². The van der Waals surface area contributed by atoms with E-state index in [9.17, 15) is 9.59 Å². The molecular formula is C17H17ClN2O2. The van der Waals surface area contributed by atoms with Gasteiger partial charge >= 0.3 is 11.8 Å². The van der Waals surface area contributed by atoms with Crippen LogP contribution in [0.15, 0.2) is 48.5 Å². The summed E-state index contributed by atoms with van der Waals surface area (Å²) in [5.74, 6) is -1.31. The van der Waals surface area contributed by atoms with Crippen LogP contribution >= 0.6 is 11.6 Å². The van der Waals surface area contributed by atoms with E-state index in [1.807, 2.05) is 31.2 Å². The van der Waals surface area contributed by atoms with Crippen LogP contribution in [0.1, 0.15) is 11.1 Å². The molecule has 0 bridgehead atoms. The lowest BCUT2D eigenvalue weighted by Gasteiger charge is -2.07. The van der Waals surface area contributed by atoms with Gasteiger partial charge in [0, 0.05) is 17.3 Å². The average molecular weight is 317 g/mol. The topological polar surface area (TPSA) is 58.2 Å². The highest BCUT2D eigenvalue weighted by Gasteiger charge is 2.12. The number of hydrogen-bond acceptors (Lipinski definition) is 2. The molecule has 0 saturated carbocycles. The molecule has 0 aliphatic heterocycles. The van der Waals surface area contributed by atoms with Gasteiger partial charge in [-0.3, -0.25) is 9.59 Å². The van der Waals surface area contributed by atoms with Crippen molar-refractivity contribution in [1.82, 2.24) is 5.32 Å². The Morgan fingerprint density at radius 1 is 1.05 bits per heavy atom. The zero-order valence-electron chi connectivity index (χ0n) is 12.2. The zero-order valence-corrected chi connectivity index (χ0v) is 13.0. The Hall–Kier alpha value is -2.33. The van der Waals surface area contributed by atoms with Crippen molar-refractivity contribution in [2.75, 3.05) is 11.9 Å². The van der Waals surface area contributed by atoms with Crippen LogP contribution in [0.2, 0.25) is 5.02 Å². The van der Waals surface area contributed by atoms with Gasteiger partial charge in [-0.15, -0.1) is 0 Å². The van der Waals surface area contributed by atoms with Gasteiger partial charge in [-0.25, -0.2) is 0 Å². The fraction of sp³-hybridized carbons (Fsp3) is 0.176. The number of amides is 2. The molecule has 0 heterocycles. The molecule has 0 aliphatic carbocycles. The molecule has 114 valence electrons. The maximum atomic E-state index is 11.8.